The lowest BCUT2D eigenvalue weighted by Crippen LogP contribution is -2.55. The number of likely N-dealkylation sites (tertiary alicyclic amines) is 1. The molecule has 3 heterocycles. The van der Waals surface area contributed by atoms with Crippen LogP contribution in [0.4, 0.5) is 23.7 Å². The van der Waals surface area contributed by atoms with Crippen LogP contribution in [-0.4, -0.2) is 87.1 Å². The minimum Gasteiger partial charge on any atom is -0.356 e. The monoisotopic (exact) mass is 636 g/mol. The second kappa shape index (κ2) is 12.9. The molecule has 46 heavy (non-hydrogen) atoms. The van der Waals surface area contributed by atoms with Gasteiger partial charge in [0.25, 0.3) is 0 Å². The molecule has 0 spiro atoms. The Morgan fingerprint density at radius 3 is 2.41 bits per heavy atom. The number of alkyl halides is 3. The van der Waals surface area contributed by atoms with Crippen LogP contribution in [0.5, 0.6) is 0 Å². The fraction of sp³-hybridized carbons (Fsp3) is 0.375. The largest absolute Gasteiger partial charge is 0.416 e. The zero-order valence-corrected chi connectivity index (χ0v) is 25.9. The molecule has 1 fully saturated rings. The number of halogens is 3. The number of benzene rings is 2. The highest BCUT2D eigenvalue weighted by Crippen LogP contribution is 2.40. The smallest absolute Gasteiger partial charge is 0.356 e. The minimum atomic E-state index is -4.64. The van der Waals surface area contributed by atoms with Gasteiger partial charge in [0, 0.05) is 24.5 Å². The molecule has 11 nitrogen and oxygen atoms in total. The van der Waals surface area contributed by atoms with Gasteiger partial charge in [0.15, 0.2) is 0 Å². The normalized spacial score (nSPS) is 18.5. The second-order valence-corrected chi connectivity index (χ2v) is 11.5. The maximum absolute atomic E-state index is 14.0. The first-order chi connectivity index (χ1) is 21.8. The quantitative estimate of drug-likeness (QED) is 0.416. The molecule has 5 rings (SSSR count). The molecule has 0 aliphatic carbocycles. The molecule has 2 atom stereocenters. The molecular weight excluding hydrogens is 601 g/mol. The van der Waals surface area contributed by atoms with E-state index in [4.69, 9.17) is 0 Å². The zero-order valence-electron chi connectivity index (χ0n) is 25.9. The predicted molar refractivity (Wildman–Crippen MR) is 164 cm³/mol. The highest BCUT2D eigenvalue weighted by atomic mass is 19.4. The number of carbonyl (C=O) groups is 2. The van der Waals surface area contributed by atoms with Crippen molar-refractivity contribution in [1.82, 2.24) is 29.8 Å². The van der Waals surface area contributed by atoms with Crippen LogP contribution in [-0.2, 0) is 11.0 Å². The zero-order chi connectivity index (χ0) is 33.3. The fourth-order valence-corrected chi connectivity index (χ4v) is 5.92. The number of nitrogens with one attached hydrogen (secondary N) is 1. The maximum atomic E-state index is 14.0. The molecule has 0 saturated carbocycles. The van der Waals surface area contributed by atoms with Gasteiger partial charge in [-0.3, -0.25) is 9.69 Å². The van der Waals surface area contributed by atoms with Gasteiger partial charge in [0.05, 0.1) is 40.5 Å². The number of aromatic nitrogens is 2. The van der Waals surface area contributed by atoms with E-state index >= 15 is 0 Å². The molecule has 242 valence electrons. The molecule has 3 amide bonds. The fourth-order valence-electron chi connectivity index (χ4n) is 5.92. The van der Waals surface area contributed by atoms with E-state index in [1.165, 1.54) is 27.9 Å². The van der Waals surface area contributed by atoms with Gasteiger partial charge in [-0.1, -0.05) is 6.07 Å². The van der Waals surface area contributed by atoms with Crippen LogP contribution in [0.1, 0.15) is 43.5 Å². The Kier molecular flexibility index (Phi) is 9.09. The number of amides is 3. The number of likely N-dealkylation sites (N-methyl/N-ethyl adjacent to an activating group) is 1. The van der Waals surface area contributed by atoms with Crippen molar-refractivity contribution < 1.29 is 27.9 Å². The summed E-state index contributed by atoms with van der Waals surface area (Å²) in [5.74, 6) is -0.309. The predicted octanol–water partition coefficient (Wildman–Crippen LogP) is 4.20. The summed E-state index contributed by atoms with van der Waals surface area (Å²) in [6, 6.07) is 12.8. The van der Waals surface area contributed by atoms with Crippen molar-refractivity contribution in [2.75, 3.05) is 32.1 Å². The lowest BCUT2D eigenvalue weighted by Gasteiger charge is -2.36. The molecule has 2 aliphatic rings. The molecule has 2 aromatic carbocycles. The first-order valence-electron chi connectivity index (χ1n) is 14.8. The van der Waals surface area contributed by atoms with Gasteiger partial charge in [0.1, 0.15) is 6.04 Å². The number of anilines is 1. The number of piperidine rings is 1. The van der Waals surface area contributed by atoms with Gasteiger partial charge in [-0.15, -0.1) is 0 Å². The molecule has 0 radical (unpaired) electrons. The van der Waals surface area contributed by atoms with Gasteiger partial charge >= 0.3 is 12.2 Å². The van der Waals surface area contributed by atoms with Crippen molar-refractivity contribution >= 4 is 23.3 Å². The summed E-state index contributed by atoms with van der Waals surface area (Å²) in [5.41, 5.74) is 0.803. The number of carbonyl (C=O) groups excluding carboxylic acids is 2. The summed E-state index contributed by atoms with van der Waals surface area (Å²) in [4.78, 5) is 33.4. The van der Waals surface area contributed by atoms with Crippen LogP contribution in [0, 0.1) is 11.3 Å². The van der Waals surface area contributed by atoms with E-state index in [9.17, 15) is 33.1 Å². The lowest BCUT2D eigenvalue weighted by molar-refractivity contribution is -0.137. The first kappa shape index (κ1) is 32.5. The Hall–Kier alpha value is -4.87. The van der Waals surface area contributed by atoms with Gasteiger partial charge in [0.2, 0.25) is 12.3 Å². The summed E-state index contributed by atoms with van der Waals surface area (Å²) >= 11 is 0. The average molecular weight is 637 g/mol. The second-order valence-electron chi connectivity index (χ2n) is 11.5. The Morgan fingerprint density at radius 1 is 1.11 bits per heavy atom. The number of allylic oxidation sites excluding steroid dienone is 1. The third kappa shape index (κ3) is 6.29. The highest BCUT2D eigenvalue weighted by Gasteiger charge is 2.43. The summed E-state index contributed by atoms with van der Waals surface area (Å²) in [5, 5.41) is 27.9. The van der Waals surface area contributed by atoms with Crippen molar-refractivity contribution in [2.45, 2.75) is 51.3 Å². The lowest BCUT2D eigenvalue weighted by atomic mass is 10.0. The molecule has 14 heteroatoms. The van der Waals surface area contributed by atoms with Crippen LogP contribution in [0.25, 0.3) is 11.4 Å². The Bertz CT molecular complexity index is 1670. The van der Waals surface area contributed by atoms with Gasteiger partial charge in [-0.2, -0.15) is 23.5 Å². The molecule has 1 saturated heterocycles. The molecule has 1 aromatic heterocycles. The van der Waals surface area contributed by atoms with Gasteiger partial charge in [-0.25, -0.2) is 14.4 Å². The van der Waals surface area contributed by atoms with Crippen LogP contribution in [0.2, 0.25) is 0 Å². The number of aliphatic hydroxyl groups excluding tert-OH is 1. The van der Waals surface area contributed by atoms with E-state index in [0.717, 1.165) is 43.0 Å². The van der Waals surface area contributed by atoms with Gasteiger partial charge < -0.3 is 20.2 Å². The van der Waals surface area contributed by atoms with Crippen molar-refractivity contribution in [3.05, 3.63) is 83.3 Å². The van der Waals surface area contributed by atoms with Gasteiger partial charge in [-0.05, 0) is 95.4 Å². The topological polar surface area (TPSA) is 121 Å². The maximum Gasteiger partial charge on any atom is 0.416 e. The molecule has 2 aliphatic heterocycles. The molecule has 1 unspecified atom stereocenters. The minimum absolute atomic E-state index is 0.00295. The standard InChI is InChI=1S/C32H35F3N8O3/c1-20(29(44)40(4)24-13-16-39(3)17-14-24)38-30(45)42-28(27-12-15-37-43(27)25-10-8-22(19-36)9-11-25)21(2)41(31(42)46)26-7-5-6-23(18-26)32(33,34)35/h5-12,15,18,20,24,31,46H,13-14,16-17H2,1-4H3,(H,38,45)/t20-,31?/m0/s1. The number of aliphatic hydroxyl groups is 1. The third-order valence-electron chi connectivity index (χ3n) is 8.50. The van der Waals surface area contributed by atoms with E-state index in [1.54, 1.807) is 56.1 Å². The van der Waals surface area contributed by atoms with E-state index in [0.29, 0.717) is 16.9 Å². The van der Waals surface area contributed by atoms with Crippen molar-refractivity contribution in [1.29, 1.82) is 5.26 Å². The summed E-state index contributed by atoms with van der Waals surface area (Å²) in [7, 11) is 3.72. The molecule has 0 bridgehead atoms. The van der Waals surface area contributed by atoms with Crippen molar-refractivity contribution in [3.8, 4) is 11.8 Å². The number of nitrogens with zero attached hydrogens (tertiary/aromatic N) is 7. The number of hydrogen-bond donors (Lipinski definition) is 2. The van der Waals surface area contributed by atoms with E-state index in [1.807, 2.05) is 13.1 Å². The number of urea groups is 1. The average Bonchev–Trinajstić information content (AvgIpc) is 3.61. The Balaban J connectivity index is 1.51. The van der Waals surface area contributed by atoms with Crippen molar-refractivity contribution in [3.63, 3.8) is 0 Å². The van der Waals surface area contributed by atoms with E-state index < -0.39 is 30.2 Å². The third-order valence-corrected chi connectivity index (χ3v) is 8.50. The number of rotatable bonds is 6. The van der Waals surface area contributed by atoms with E-state index in [-0.39, 0.29) is 29.0 Å². The molecule has 3 aromatic rings. The SMILES string of the molecule is CC1=C(c2ccnn2-c2ccc(C#N)cc2)N(C(=O)N[C@@H](C)C(=O)N(C)C2CCN(C)CC2)C(O)N1c1cccc(C(F)(F)F)c1. The highest BCUT2D eigenvalue weighted by molar-refractivity contribution is 5.93. The van der Waals surface area contributed by atoms with Crippen molar-refractivity contribution in [2.24, 2.45) is 0 Å². The summed E-state index contributed by atoms with van der Waals surface area (Å²) < 4.78 is 42.4. The van der Waals surface area contributed by atoms with Crippen LogP contribution >= 0.6 is 0 Å². The molecular formula is C32H35F3N8O3. The van der Waals surface area contributed by atoms with Crippen LogP contribution < -0.4 is 10.2 Å². The summed E-state index contributed by atoms with van der Waals surface area (Å²) in [6.45, 7) is 4.81. The Morgan fingerprint density at radius 2 is 1.78 bits per heavy atom. The van der Waals surface area contributed by atoms with Crippen LogP contribution in [0.15, 0.2) is 66.5 Å². The number of nitriles is 1. The van der Waals surface area contributed by atoms with Crippen LogP contribution in [0.3, 0.4) is 0 Å². The van der Waals surface area contributed by atoms with E-state index in [2.05, 4.69) is 15.3 Å². The number of hydrogen-bond acceptors (Lipinski definition) is 7. The molecule has 2 N–H and O–H groups in total. The summed E-state index contributed by atoms with van der Waals surface area (Å²) in [6.07, 6.45) is -3.34. The first-order valence-corrected chi connectivity index (χ1v) is 14.8. The Labute approximate surface area is 264 Å².